The standard InChI is InChI=1S/C18H15F10NO5/c1-8(2)33-12(30)11(29-13(31)15(19,20)17(23,24)25)7-9-3-5-10(6-4-9)34-14(32)16(21,22)18(26,27)28/h3-6,8,11H,7H2,1-2H3,(H,29,31). The average molecular weight is 515 g/mol. The van der Waals surface area contributed by atoms with Gasteiger partial charge in [0.15, 0.2) is 0 Å². The van der Waals surface area contributed by atoms with Gasteiger partial charge in [0.05, 0.1) is 6.10 Å². The van der Waals surface area contributed by atoms with Gasteiger partial charge in [0, 0.05) is 6.42 Å². The fourth-order valence-corrected chi connectivity index (χ4v) is 2.10. The normalized spacial score (nSPS) is 13.9. The molecule has 0 radical (unpaired) electrons. The maximum atomic E-state index is 13.2. The van der Waals surface area contributed by atoms with Crippen molar-refractivity contribution in [3.05, 3.63) is 29.8 Å². The summed E-state index contributed by atoms with van der Waals surface area (Å²) in [7, 11) is 0. The van der Waals surface area contributed by atoms with Crippen LogP contribution in [0.5, 0.6) is 5.75 Å². The van der Waals surface area contributed by atoms with Crippen LogP contribution >= 0.6 is 0 Å². The fraction of sp³-hybridized carbons (Fsp3) is 0.500. The van der Waals surface area contributed by atoms with E-state index in [-0.39, 0.29) is 5.56 Å². The number of ether oxygens (including phenoxy) is 2. The van der Waals surface area contributed by atoms with E-state index < -0.39 is 66.4 Å². The molecule has 0 saturated carbocycles. The molecule has 1 aromatic rings. The van der Waals surface area contributed by atoms with E-state index in [0.717, 1.165) is 12.1 Å². The molecule has 192 valence electrons. The molecule has 1 unspecified atom stereocenters. The summed E-state index contributed by atoms with van der Waals surface area (Å²) < 4.78 is 135. The van der Waals surface area contributed by atoms with Crippen LogP contribution in [-0.4, -0.2) is 54.2 Å². The molecular weight excluding hydrogens is 500 g/mol. The molecule has 0 heterocycles. The number of rotatable bonds is 8. The van der Waals surface area contributed by atoms with Crippen LogP contribution in [0, 0.1) is 0 Å². The minimum atomic E-state index is -6.27. The number of nitrogens with one attached hydrogen (secondary N) is 1. The van der Waals surface area contributed by atoms with Crippen molar-refractivity contribution in [1.82, 2.24) is 5.32 Å². The van der Waals surface area contributed by atoms with Gasteiger partial charge in [-0.05, 0) is 31.5 Å². The number of carbonyl (C=O) groups excluding carboxylic acids is 3. The number of benzene rings is 1. The Hall–Kier alpha value is -3.07. The summed E-state index contributed by atoms with van der Waals surface area (Å²) in [5.74, 6) is -19.7. The van der Waals surface area contributed by atoms with Gasteiger partial charge in [0.2, 0.25) is 0 Å². The van der Waals surface area contributed by atoms with Gasteiger partial charge in [-0.25, -0.2) is 9.59 Å². The molecular formula is C18H15F10NO5. The molecule has 0 spiro atoms. The fourth-order valence-electron chi connectivity index (χ4n) is 2.10. The number of alkyl halides is 10. The lowest BCUT2D eigenvalue weighted by Gasteiger charge is -2.23. The lowest BCUT2D eigenvalue weighted by Crippen LogP contribution is -2.55. The van der Waals surface area contributed by atoms with Crippen LogP contribution in [0.15, 0.2) is 24.3 Å². The Morgan fingerprint density at radius 1 is 0.824 bits per heavy atom. The molecule has 1 rings (SSSR count). The highest BCUT2D eigenvalue weighted by atomic mass is 19.4. The predicted molar refractivity (Wildman–Crippen MR) is 90.9 cm³/mol. The number of esters is 2. The number of carbonyl (C=O) groups is 3. The van der Waals surface area contributed by atoms with Gasteiger partial charge >= 0.3 is 42.0 Å². The maximum absolute atomic E-state index is 13.2. The van der Waals surface area contributed by atoms with E-state index in [1.807, 2.05) is 0 Å². The zero-order chi connectivity index (χ0) is 26.7. The van der Waals surface area contributed by atoms with Crippen molar-refractivity contribution in [3.8, 4) is 5.75 Å². The second kappa shape index (κ2) is 10.0. The average Bonchev–Trinajstić information content (AvgIpc) is 2.66. The van der Waals surface area contributed by atoms with Crippen LogP contribution in [0.3, 0.4) is 0 Å². The molecule has 0 bridgehead atoms. The molecule has 0 fully saturated rings. The van der Waals surface area contributed by atoms with E-state index in [2.05, 4.69) is 4.74 Å². The molecule has 0 aliphatic carbocycles. The van der Waals surface area contributed by atoms with Crippen molar-refractivity contribution in [3.63, 3.8) is 0 Å². The molecule has 1 amide bonds. The van der Waals surface area contributed by atoms with Crippen LogP contribution in [0.2, 0.25) is 0 Å². The summed E-state index contributed by atoms with van der Waals surface area (Å²) in [5, 5.41) is 1.21. The topological polar surface area (TPSA) is 81.7 Å². The number of amides is 1. The van der Waals surface area contributed by atoms with E-state index in [0.29, 0.717) is 12.1 Å². The number of hydrogen-bond donors (Lipinski definition) is 1. The monoisotopic (exact) mass is 515 g/mol. The molecule has 34 heavy (non-hydrogen) atoms. The number of halogens is 10. The SMILES string of the molecule is CC(C)OC(=O)C(Cc1ccc(OC(=O)C(F)(F)C(F)(F)F)cc1)NC(=O)C(F)(F)C(F)(F)F. The molecule has 0 aliphatic heterocycles. The maximum Gasteiger partial charge on any atom is 0.465 e. The Bertz CT molecular complexity index is 894. The van der Waals surface area contributed by atoms with E-state index in [9.17, 15) is 58.3 Å². The molecule has 1 N–H and O–H groups in total. The molecule has 0 aliphatic rings. The number of hydrogen-bond acceptors (Lipinski definition) is 5. The van der Waals surface area contributed by atoms with Gasteiger partial charge in [-0.3, -0.25) is 4.79 Å². The first-order chi connectivity index (χ1) is 15.2. The molecule has 6 nitrogen and oxygen atoms in total. The van der Waals surface area contributed by atoms with Crippen LogP contribution < -0.4 is 10.1 Å². The quantitative estimate of drug-likeness (QED) is 0.322. The summed E-state index contributed by atoms with van der Waals surface area (Å²) in [4.78, 5) is 34.6. The first-order valence-corrected chi connectivity index (χ1v) is 8.92. The second-order valence-corrected chi connectivity index (χ2v) is 6.89. The van der Waals surface area contributed by atoms with Gasteiger partial charge < -0.3 is 14.8 Å². The third-order valence-corrected chi connectivity index (χ3v) is 3.77. The lowest BCUT2D eigenvalue weighted by atomic mass is 10.1. The molecule has 1 aromatic carbocycles. The first-order valence-electron chi connectivity index (χ1n) is 8.92. The molecule has 1 atom stereocenters. The van der Waals surface area contributed by atoms with Gasteiger partial charge in [-0.15, -0.1) is 0 Å². The highest BCUT2D eigenvalue weighted by Gasteiger charge is 2.65. The van der Waals surface area contributed by atoms with Gasteiger partial charge in [0.25, 0.3) is 0 Å². The Balaban J connectivity index is 3.05. The summed E-state index contributed by atoms with van der Waals surface area (Å²) >= 11 is 0. The van der Waals surface area contributed by atoms with Crippen LogP contribution in [0.25, 0.3) is 0 Å². The molecule has 16 heteroatoms. The highest BCUT2D eigenvalue weighted by Crippen LogP contribution is 2.37. The van der Waals surface area contributed by atoms with E-state index in [1.165, 1.54) is 19.2 Å². The van der Waals surface area contributed by atoms with Crippen LogP contribution in [-0.2, 0) is 25.5 Å². The predicted octanol–water partition coefficient (Wildman–Crippen LogP) is 3.97. The van der Waals surface area contributed by atoms with Crippen molar-refractivity contribution >= 4 is 17.8 Å². The zero-order valence-electron chi connectivity index (χ0n) is 17.0. The third-order valence-electron chi connectivity index (χ3n) is 3.77. The largest absolute Gasteiger partial charge is 0.465 e. The van der Waals surface area contributed by atoms with Crippen LogP contribution in [0.1, 0.15) is 19.4 Å². The van der Waals surface area contributed by atoms with Crippen molar-refractivity contribution in [1.29, 1.82) is 0 Å². The molecule has 0 aromatic heterocycles. The minimum Gasteiger partial charge on any atom is -0.461 e. The third kappa shape index (κ3) is 6.96. The van der Waals surface area contributed by atoms with Crippen molar-refractivity contribution in [2.24, 2.45) is 0 Å². The summed E-state index contributed by atoms with van der Waals surface area (Å²) in [6.45, 7) is 2.61. The Morgan fingerprint density at radius 3 is 1.71 bits per heavy atom. The zero-order valence-corrected chi connectivity index (χ0v) is 17.0. The van der Waals surface area contributed by atoms with Gasteiger partial charge in [-0.1, -0.05) is 12.1 Å². The first kappa shape index (κ1) is 29.0. The van der Waals surface area contributed by atoms with E-state index in [1.54, 1.807) is 0 Å². The second-order valence-electron chi connectivity index (χ2n) is 6.89. The van der Waals surface area contributed by atoms with Crippen LogP contribution in [0.4, 0.5) is 43.9 Å². The van der Waals surface area contributed by atoms with Crippen molar-refractivity contribution < 1.29 is 67.8 Å². The highest BCUT2D eigenvalue weighted by molar-refractivity contribution is 5.89. The Morgan fingerprint density at radius 2 is 1.29 bits per heavy atom. The van der Waals surface area contributed by atoms with Gasteiger partial charge in [-0.2, -0.15) is 43.9 Å². The van der Waals surface area contributed by atoms with Gasteiger partial charge in [0.1, 0.15) is 11.8 Å². The molecule has 0 saturated heterocycles. The lowest BCUT2D eigenvalue weighted by molar-refractivity contribution is -0.276. The summed E-state index contributed by atoms with van der Waals surface area (Å²) in [6, 6.07) is 0.995. The Labute approximate surface area is 184 Å². The Kier molecular flexibility index (Phi) is 8.56. The summed E-state index contributed by atoms with van der Waals surface area (Å²) in [5.41, 5.74) is -0.122. The minimum absolute atomic E-state index is 0.122. The smallest absolute Gasteiger partial charge is 0.461 e. The van der Waals surface area contributed by atoms with E-state index >= 15 is 0 Å². The van der Waals surface area contributed by atoms with Crippen molar-refractivity contribution in [2.45, 2.75) is 56.6 Å². The summed E-state index contributed by atoms with van der Waals surface area (Å²) in [6.07, 6.45) is -14.1. The van der Waals surface area contributed by atoms with E-state index in [4.69, 9.17) is 4.74 Å². The van der Waals surface area contributed by atoms with Crippen molar-refractivity contribution in [2.75, 3.05) is 0 Å².